The average molecular weight is 295 g/mol. The average Bonchev–Trinajstić information content (AvgIpc) is 2.34. The highest BCUT2D eigenvalue weighted by Crippen LogP contribution is 2.36. The number of aliphatic hydroxyl groups excluding tert-OH is 1. The number of aliphatic hydroxyl groups is 1. The minimum Gasteiger partial charge on any atom is -0.453 e. The van der Waals surface area contributed by atoms with E-state index in [0.29, 0.717) is 16.3 Å². The summed E-state index contributed by atoms with van der Waals surface area (Å²) < 4.78 is 19.7. The van der Waals surface area contributed by atoms with Crippen molar-refractivity contribution >= 4 is 11.6 Å². The number of halogens is 2. The lowest BCUT2D eigenvalue weighted by Gasteiger charge is -2.17. The minimum atomic E-state index is -0.811. The van der Waals surface area contributed by atoms with Gasteiger partial charge in [0.05, 0.1) is 6.10 Å². The van der Waals surface area contributed by atoms with Gasteiger partial charge in [0.1, 0.15) is 5.75 Å². The molecule has 20 heavy (non-hydrogen) atoms. The van der Waals surface area contributed by atoms with Crippen LogP contribution in [-0.4, -0.2) is 5.11 Å². The molecule has 0 radical (unpaired) electrons. The second kappa shape index (κ2) is 5.81. The molecule has 0 heterocycles. The highest BCUT2D eigenvalue weighted by molar-refractivity contribution is 6.30. The van der Waals surface area contributed by atoms with Crippen molar-refractivity contribution in [3.8, 4) is 11.5 Å². The van der Waals surface area contributed by atoms with Crippen molar-refractivity contribution in [3.05, 3.63) is 57.9 Å². The van der Waals surface area contributed by atoms with Crippen LogP contribution in [0.15, 0.2) is 30.3 Å². The largest absolute Gasteiger partial charge is 0.453 e. The predicted molar refractivity (Wildman–Crippen MR) is 78.0 cm³/mol. The third-order valence-corrected chi connectivity index (χ3v) is 3.29. The Labute approximate surface area is 122 Å². The second-order valence-electron chi connectivity index (χ2n) is 4.80. The van der Waals surface area contributed by atoms with Gasteiger partial charge >= 0.3 is 0 Å². The first kappa shape index (κ1) is 14.8. The molecular weight excluding hydrogens is 279 g/mol. The molecular formula is C16H16ClFO2. The molecule has 0 unspecified atom stereocenters. The first-order valence-corrected chi connectivity index (χ1v) is 6.69. The maximum atomic E-state index is 14.0. The summed E-state index contributed by atoms with van der Waals surface area (Å²) in [6.45, 7) is 5.26. The first-order chi connectivity index (χ1) is 9.40. The Morgan fingerprint density at radius 1 is 1.15 bits per heavy atom. The van der Waals surface area contributed by atoms with Crippen LogP contribution < -0.4 is 4.74 Å². The summed E-state index contributed by atoms with van der Waals surface area (Å²) in [5.74, 6) is 0.106. The summed E-state index contributed by atoms with van der Waals surface area (Å²) in [5, 5.41) is 10.3. The topological polar surface area (TPSA) is 29.5 Å². The molecule has 0 bridgehead atoms. The predicted octanol–water partition coefficient (Wildman–Crippen LogP) is 4.94. The SMILES string of the molecule is Cc1cc(Cl)cc(C)c1Oc1c(F)cccc1[C@H](C)O. The molecule has 2 aromatic rings. The summed E-state index contributed by atoms with van der Waals surface area (Å²) in [6, 6.07) is 8.01. The van der Waals surface area contributed by atoms with Crippen LogP contribution in [0.25, 0.3) is 0 Å². The molecule has 0 aliphatic rings. The van der Waals surface area contributed by atoms with Gasteiger partial charge in [0, 0.05) is 10.6 Å². The number of aryl methyl sites for hydroxylation is 2. The molecule has 0 spiro atoms. The van der Waals surface area contributed by atoms with Crippen LogP contribution in [-0.2, 0) is 0 Å². The molecule has 2 aromatic carbocycles. The van der Waals surface area contributed by atoms with Gasteiger partial charge in [0.15, 0.2) is 11.6 Å². The molecule has 0 aliphatic carbocycles. The van der Waals surface area contributed by atoms with Gasteiger partial charge in [0.2, 0.25) is 0 Å². The lowest BCUT2D eigenvalue weighted by Crippen LogP contribution is -2.00. The van der Waals surface area contributed by atoms with Crippen LogP contribution in [0.3, 0.4) is 0 Å². The Balaban J connectivity index is 2.51. The molecule has 1 atom stereocenters. The number of hydrogen-bond acceptors (Lipinski definition) is 2. The van der Waals surface area contributed by atoms with Crippen molar-refractivity contribution in [2.24, 2.45) is 0 Å². The summed E-state index contributed by atoms with van der Waals surface area (Å²) in [4.78, 5) is 0. The van der Waals surface area contributed by atoms with Crippen LogP contribution in [0.5, 0.6) is 11.5 Å². The van der Waals surface area contributed by atoms with E-state index < -0.39 is 11.9 Å². The van der Waals surface area contributed by atoms with Gasteiger partial charge in [-0.25, -0.2) is 4.39 Å². The smallest absolute Gasteiger partial charge is 0.168 e. The zero-order chi connectivity index (χ0) is 14.9. The Kier molecular flexibility index (Phi) is 4.31. The van der Waals surface area contributed by atoms with Gasteiger partial charge in [-0.3, -0.25) is 0 Å². The minimum absolute atomic E-state index is 0.0519. The molecule has 2 rings (SSSR count). The van der Waals surface area contributed by atoms with Crippen molar-refractivity contribution in [2.45, 2.75) is 26.9 Å². The quantitative estimate of drug-likeness (QED) is 0.868. The maximum absolute atomic E-state index is 14.0. The third kappa shape index (κ3) is 2.94. The number of para-hydroxylation sites is 1. The Hall–Kier alpha value is -1.58. The molecule has 106 valence electrons. The number of ether oxygens (including phenoxy) is 1. The van der Waals surface area contributed by atoms with Gasteiger partial charge in [-0.15, -0.1) is 0 Å². The highest BCUT2D eigenvalue weighted by Gasteiger charge is 2.17. The molecule has 0 amide bonds. The lowest BCUT2D eigenvalue weighted by atomic mass is 10.1. The van der Waals surface area contributed by atoms with Crippen molar-refractivity contribution in [2.75, 3.05) is 0 Å². The summed E-state index contributed by atoms with van der Waals surface area (Å²) in [5.41, 5.74) is 2.04. The lowest BCUT2D eigenvalue weighted by molar-refractivity contribution is 0.194. The van der Waals surface area contributed by atoms with Gasteiger partial charge in [-0.2, -0.15) is 0 Å². The molecule has 0 saturated heterocycles. The van der Waals surface area contributed by atoms with E-state index in [1.54, 1.807) is 31.2 Å². The van der Waals surface area contributed by atoms with Crippen LogP contribution >= 0.6 is 11.6 Å². The van der Waals surface area contributed by atoms with Crippen molar-refractivity contribution < 1.29 is 14.2 Å². The molecule has 0 aliphatic heterocycles. The van der Waals surface area contributed by atoms with Crippen molar-refractivity contribution in [1.29, 1.82) is 0 Å². The second-order valence-corrected chi connectivity index (χ2v) is 5.24. The molecule has 1 N–H and O–H groups in total. The Morgan fingerprint density at radius 2 is 1.75 bits per heavy atom. The maximum Gasteiger partial charge on any atom is 0.168 e. The zero-order valence-electron chi connectivity index (χ0n) is 11.6. The molecule has 4 heteroatoms. The van der Waals surface area contributed by atoms with E-state index in [1.165, 1.54) is 6.07 Å². The number of hydrogen-bond donors (Lipinski definition) is 1. The Bertz CT molecular complexity index is 615. The van der Waals surface area contributed by atoms with Gasteiger partial charge in [-0.1, -0.05) is 23.7 Å². The van der Waals surface area contributed by atoms with Gasteiger partial charge < -0.3 is 9.84 Å². The fourth-order valence-electron chi connectivity index (χ4n) is 2.12. The first-order valence-electron chi connectivity index (χ1n) is 6.31. The molecule has 0 fully saturated rings. The van der Waals surface area contributed by atoms with Gasteiger partial charge in [0.25, 0.3) is 0 Å². The summed E-state index contributed by atoms with van der Waals surface area (Å²) in [6.07, 6.45) is -0.811. The summed E-state index contributed by atoms with van der Waals surface area (Å²) in [7, 11) is 0. The Morgan fingerprint density at radius 3 is 2.30 bits per heavy atom. The van der Waals surface area contributed by atoms with E-state index in [9.17, 15) is 9.50 Å². The van der Waals surface area contributed by atoms with E-state index in [4.69, 9.17) is 16.3 Å². The van der Waals surface area contributed by atoms with E-state index in [2.05, 4.69) is 0 Å². The van der Waals surface area contributed by atoms with E-state index in [0.717, 1.165) is 11.1 Å². The number of benzene rings is 2. The van der Waals surface area contributed by atoms with E-state index in [-0.39, 0.29) is 5.75 Å². The highest BCUT2D eigenvalue weighted by atomic mass is 35.5. The zero-order valence-corrected chi connectivity index (χ0v) is 12.3. The molecule has 0 saturated carbocycles. The monoisotopic (exact) mass is 294 g/mol. The van der Waals surface area contributed by atoms with Crippen LogP contribution in [0.1, 0.15) is 29.7 Å². The van der Waals surface area contributed by atoms with Gasteiger partial charge in [-0.05, 0) is 50.1 Å². The summed E-state index contributed by atoms with van der Waals surface area (Å²) >= 11 is 5.97. The van der Waals surface area contributed by atoms with E-state index in [1.807, 2.05) is 13.8 Å². The normalized spacial score (nSPS) is 12.3. The standard InChI is InChI=1S/C16H16ClFO2/c1-9-7-12(17)8-10(2)15(9)20-16-13(11(3)19)5-4-6-14(16)18/h4-8,11,19H,1-3H3/t11-/m0/s1. The molecule has 2 nitrogen and oxygen atoms in total. The van der Waals surface area contributed by atoms with Crippen molar-refractivity contribution in [3.63, 3.8) is 0 Å². The third-order valence-electron chi connectivity index (χ3n) is 3.08. The van der Waals surface area contributed by atoms with E-state index >= 15 is 0 Å². The fraction of sp³-hybridized carbons (Fsp3) is 0.250. The van der Waals surface area contributed by atoms with Crippen LogP contribution in [0.4, 0.5) is 4.39 Å². The number of rotatable bonds is 3. The fourth-order valence-corrected chi connectivity index (χ4v) is 2.45. The van der Waals surface area contributed by atoms with Crippen molar-refractivity contribution in [1.82, 2.24) is 0 Å². The van der Waals surface area contributed by atoms with Crippen LogP contribution in [0, 0.1) is 19.7 Å². The van der Waals surface area contributed by atoms with Crippen LogP contribution in [0.2, 0.25) is 5.02 Å². The molecule has 0 aromatic heterocycles.